The van der Waals surface area contributed by atoms with Gasteiger partial charge < -0.3 is 5.11 Å². The highest BCUT2D eigenvalue weighted by molar-refractivity contribution is 5.39. The van der Waals surface area contributed by atoms with Gasteiger partial charge in [-0.2, -0.15) is 9.78 Å². The minimum atomic E-state index is -0.217. The maximum absolute atomic E-state index is 13.1. The number of benzene rings is 1. The fourth-order valence-corrected chi connectivity index (χ4v) is 3.56. The number of hydrogen-bond donors (Lipinski definition) is 1. The summed E-state index contributed by atoms with van der Waals surface area (Å²) in [4.78, 5) is 6.53. The number of hydrogen-bond acceptors (Lipinski definition) is 4. The highest BCUT2D eigenvalue weighted by Gasteiger charge is 2.28. The Hall–Kier alpha value is -2.73. The van der Waals surface area contributed by atoms with Crippen molar-refractivity contribution in [3.8, 4) is 11.7 Å². The molecular weight excluding hydrogens is 331 g/mol. The molecule has 0 bridgehead atoms. The molecule has 26 heavy (non-hydrogen) atoms. The number of pyridine rings is 1. The molecule has 1 aliphatic carbocycles. The number of rotatable bonds is 4. The molecule has 1 unspecified atom stereocenters. The Kier molecular flexibility index (Phi) is 4.42. The number of aromatic hydroxyl groups is 1. The summed E-state index contributed by atoms with van der Waals surface area (Å²) in [5, 5.41) is 15.2. The summed E-state index contributed by atoms with van der Waals surface area (Å²) in [6.07, 6.45) is 4.23. The van der Waals surface area contributed by atoms with Crippen LogP contribution in [0.15, 0.2) is 48.7 Å². The molecule has 0 aliphatic heterocycles. The number of halogens is 1. The Morgan fingerprint density at radius 3 is 2.77 bits per heavy atom. The lowest BCUT2D eigenvalue weighted by atomic mass is 9.92. The average molecular weight is 352 g/mol. The summed E-state index contributed by atoms with van der Waals surface area (Å²) in [7, 11) is 2.07. The average Bonchev–Trinajstić information content (AvgIpc) is 3.00. The summed E-state index contributed by atoms with van der Waals surface area (Å²) in [6, 6.07) is 12.5. The molecule has 1 N–H and O–H groups in total. The number of nitrogens with zero attached hydrogens (tertiary/aromatic N) is 4. The van der Waals surface area contributed by atoms with Gasteiger partial charge in [0.15, 0.2) is 5.82 Å². The highest BCUT2D eigenvalue weighted by Crippen LogP contribution is 2.32. The van der Waals surface area contributed by atoms with Crippen molar-refractivity contribution in [2.45, 2.75) is 31.8 Å². The summed E-state index contributed by atoms with van der Waals surface area (Å²) < 4.78 is 14.6. The van der Waals surface area contributed by atoms with Gasteiger partial charge in [-0.3, -0.25) is 4.90 Å². The van der Waals surface area contributed by atoms with Gasteiger partial charge in [0, 0.05) is 24.3 Å². The van der Waals surface area contributed by atoms with Crippen LogP contribution in [0.25, 0.3) is 5.82 Å². The van der Waals surface area contributed by atoms with Crippen molar-refractivity contribution in [2.75, 3.05) is 7.05 Å². The molecule has 3 aromatic rings. The predicted molar refractivity (Wildman–Crippen MR) is 96.7 cm³/mol. The van der Waals surface area contributed by atoms with Gasteiger partial charge in [0.05, 0.1) is 5.69 Å². The predicted octanol–water partition coefficient (Wildman–Crippen LogP) is 3.10. The van der Waals surface area contributed by atoms with E-state index in [0.717, 1.165) is 42.6 Å². The maximum Gasteiger partial charge on any atom is 0.219 e. The van der Waals surface area contributed by atoms with Crippen molar-refractivity contribution < 1.29 is 9.50 Å². The van der Waals surface area contributed by atoms with Gasteiger partial charge in [0.1, 0.15) is 5.82 Å². The first-order valence-electron chi connectivity index (χ1n) is 8.77. The largest absolute Gasteiger partial charge is 0.493 e. The van der Waals surface area contributed by atoms with E-state index in [9.17, 15) is 9.50 Å². The number of aromatic nitrogens is 3. The van der Waals surface area contributed by atoms with Crippen LogP contribution < -0.4 is 0 Å². The molecule has 5 nitrogen and oxygen atoms in total. The monoisotopic (exact) mass is 352 g/mol. The summed E-state index contributed by atoms with van der Waals surface area (Å²) in [5.74, 6) is 0.583. The van der Waals surface area contributed by atoms with Gasteiger partial charge >= 0.3 is 0 Å². The SMILES string of the molecule is CN(Cc1ccc(F)cc1)C1CCc2nn(-c3ccccn3)c(O)c2C1. The molecule has 1 aliphatic rings. The smallest absolute Gasteiger partial charge is 0.219 e. The molecule has 2 aromatic heterocycles. The number of fused-ring (bicyclic) bond motifs is 1. The summed E-state index contributed by atoms with van der Waals surface area (Å²) >= 11 is 0. The van der Waals surface area contributed by atoms with Crippen molar-refractivity contribution in [2.24, 2.45) is 0 Å². The molecule has 2 heterocycles. The zero-order chi connectivity index (χ0) is 18.1. The maximum atomic E-state index is 13.1. The lowest BCUT2D eigenvalue weighted by molar-refractivity contribution is 0.212. The van der Waals surface area contributed by atoms with Crippen molar-refractivity contribution in [3.63, 3.8) is 0 Å². The Morgan fingerprint density at radius 2 is 2.04 bits per heavy atom. The highest BCUT2D eigenvalue weighted by atomic mass is 19.1. The second-order valence-electron chi connectivity index (χ2n) is 6.79. The molecule has 1 aromatic carbocycles. The first-order valence-corrected chi connectivity index (χ1v) is 8.77. The topological polar surface area (TPSA) is 54.2 Å². The molecule has 0 spiro atoms. The van der Waals surface area contributed by atoms with Crippen LogP contribution in [-0.4, -0.2) is 37.9 Å². The van der Waals surface area contributed by atoms with Crippen molar-refractivity contribution in [3.05, 3.63) is 71.3 Å². The van der Waals surface area contributed by atoms with Crippen LogP contribution >= 0.6 is 0 Å². The molecule has 6 heteroatoms. The van der Waals surface area contributed by atoms with Crippen molar-refractivity contribution in [1.29, 1.82) is 0 Å². The molecular formula is C20H21FN4O. The van der Waals surface area contributed by atoms with E-state index in [0.29, 0.717) is 11.9 Å². The lowest BCUT2D eigenvalue weighted by Gasteiger charge is -2.30. The Morgan fingerprint density at radius 1 is 1.23 bits per heavy atom. The van der Waals surface area contributed by atoms with E-state index >= 15 is 0 Å². The zero-order valence-corrected chi connectivity index (χ0v) is 14.6. The van der Waals surface area contributed by atoms with E-state index in [1.165, 1.54) is 16.8 Å². The third-order valence-electron chi connectivity index (χ3n) is 5.03. The fourth-order valence-electron chi connectivity index (χ4n) is 3.56. The first kappa shape index (κ1) is 16.7. The minimum Gasteiger partial charge on any atom is -0.493 e. The second kappa shape index (κ2) is 6.88. The van der Waals surface area contributed by atoms with Crippen LogP contribution in [0.5, 0.6) is 5.88 Å². The normalized spacial score (nSPS) is 16.7. The molecule has 0 amide bonds. The van der Waals surface area contributed by atoms with Gasteiger partial charge in [-0.05, 0) is 56.1 Å². The molecule has 0 saturated carbocycles. The van der Waals surface area contributed by atoms with Gasteiger partial charge in [-0.25, -0.2) is 9.37 Å². The third kappa shape index (κ3) is 3.20. The van der Waals surface area contributed by atoms with Crippen LogP contribution in [0.1, 0.15) is 23.2 Å². The van der Waals surface area contributed by atoms with Gasteiger partial charge in [-0.15, -0.1) is 0 Å². The first-order chi connectivity index (χ1) is 12.6. The van der Waals surface area contributed by atoms with Crippen LogP contribution in [0, 0.1) is 5.82 Å². The van der Waals surface area contributed by atoms with E-state index in [4.69, 9.17) is 0 Å². The van der Waals surface area contributed by atoms with Crippen molar-refractivity contribution >= 4 is 0 Å². The molecule has 0 radical (unpaired) electrons. The lowest BCUT2D eigenvalue weighted by Crippen LogP contribution is -2.35. The summed E-state index contributed by atoms with van der Waals surface area (Å²) in [5.41, 5.74) is 2.92. The number of likely N-dealkylation sites (N-methyl/N-ethyl adjacent to an activating group) is 1. The molecule has 4 rings (SSSR count). The van der Waals surface area contributed by atoms with Gasteiger partial charge in [-0.1, -0.05) is 18.2 Å². The van der Waals surface area contributed by atoms with Crippen LogP contribution in [0.3, 0.4) is 0 Å². The Labute approximate surface area is 151 Å². The standard InChI is InChI=1S/C20H21FN4O/c1-24(13-14-5-7-15(21)8-6-14)16-9-10-18-17(12-16)20(26)25(23-18)19-4-2-3-11-22-19/h2-8,11,16,26H,9-10,12-13H2,1H3. The van der Waals surface area contributed by atoms with Crippen LogP contribution in [0.2, 0.25) is 0 Å². The molecule has 0 saturated heterocycles. The van der Waals surface area contributed by atoms with Gasteiger partial charge in [0.2, 0.25) is 5.88 Å². The number of aryl methyl sites for hydroxylation is 1. The quantitative estimate of drug-likeness (QED) is 0.784. The Balaban J connectivity index is 1.52. The Bertz CT molecular complexity index is 892. The van der Waals surface area contributed by atoms with E-state index in [1.807, 2.05) is 30.3 Å². The van der Waals surface area contributed by atoms with E-state index in [-0.39, 0.29) is 11.7 Å². The fraction of sp³-hybridized carbons (Fsp3) is 0.300. The minimum absolute atomic E-state index is 0.179. The van der Waals surface area contributed by atoms with Gasteiger partial charge in [0.25, 0.3) is 0 Å². The van der Waals surface area contributed by atoms with Crippen LogP contribution in [0.4, 0.5) is 4.39 Å². The molecule has 0 fully saturated rings. The third-order valence-corrected chi connectivity index (χ3v) is 5.03. The van der Waals surface area contributed by atoms with E-state index in [2.05, 4.69) is 22.0 Å². The molecule has 134 valence electrons. The second-order valence-corrected chi connectivity index (χ2v) is 6.79. The van der Waals surface area contributed by atoms with E-state index in [1.54, 1.807) is 6.20 Å². The summed E-state index contributed by atoms with van der Waals surface area (Å²) in [6.45, 7) is 0.745. The molecule has 1 atom stereocenters. The van der Waals surface area contributed by atoms with Crippen LogP contribution in [-0.2, 0) is 19.4 Å². The van der Waals surface area contributed by atoms with E-state index < -0.39 is 0 Å². The van der Waals surface area contributed by atoms with Crippen molar-refractivity contribution in [1.82, 2.24) is 19.7 Å². The zero-order valence-electron chi connectivity index (χ0n) is 14.6.